The number of rotatable bonds is 4. The fourth-order valence-corrected chi connectivity index (χ4v) is 1.10. The Morgan fingerprint density at radius 3 is 2.62 bits per heavy atom. The van der Waals surface area contributed by atoms with Crippen molar-refractivity contribution in [3.63, 3.8) is 0 Å². The number of carbonyl (C=O) groups is 1. The van der Waals surface area contributed by atoms with Crippen LogP contribution in [0.15, 0.2) is 11.1 Å². The van der Waals surface area contributed by atoms with Gasteiger partial charge in [-0.15, -0.1) is 0 Å². The molecule has 0 unspecified atom stereocenters. The van der Waals surface area contributed by atoms with Crippen molar-refractivity contribution < 1.29 is 19.4 Å². The molecule has 0 aliphatic carbocycles. The molecule has 0 radical (unpaired) electrons. The summed E-state index contributed by atoms with van der Waals surface area (Å²) < 4.78 is 9.42. The van der Waals surface area contributed by atoms with E-state index in [4.69, 9.17) is 4.74 Å². The number of aromatic nitrogens is 2. The Labute approximate surface area is 90.7 Å². The number of methoxy groups -OCH3 is 1. The lowest BCUT2D eigenvalue weighted by Gasteiger charge is -2.04. The Hall–Kier alpha value is -2.18. The van der Waals surface area contributed by atoms with Gasteiger partial charge in [0.1, 0.15) is 11.3 Å². The van der Waals surface area contributed by atoms with E-state index >= 15 is 0 Å². The fraction of sp³-hybridized carbons (Fsp3) is 0.333. The number of carbonyl (C=O) groups excluding carboxylic acids is 1. The van der Waals surface area contributed by atoms with Crippen LogP contribution in [0.4, 0.5) is 0 Å². The van der Waals surface area contributed by atoms with Gasteiger partial charge in [0.2, 0.25) is 5.88 Å². The van der Waals surface area contributed by atoms with Crippen LogP contribution >= 0.6 is 0 Å². The zero-order chi connectivity index (χ0) is 12.1. The van der Waals surface area contributed by atoms with E-state index in [0.29, 0.717) is 0 Å². The summed E-state index contributed by atoms with van der Waals surface area (Å²) in [6.45, 7) is 1.82. The Bertz CT molecular complexity index is 457. The van der Waals surface area contributed by atoms with Crippen LogP contribution in [0.5, 0.6) is 5.88 Å². The molecule has 0 fully saturated rings. The summed E-state index contributed by atoms with van der Waals surface area (Å²) in [6.07, 6.45) is 1.08. The predicted octanol–water partition coefficient (Wildman–Crippen LogP) is -0.0410. The second kappa shape index (κ2) is 5.06. The van der Waals surface area contributed by atoms with E-state index in [1.807, 2.05) is 0 Å². The van der Waals surface area contributed by atoms with Crippen molar-refractivity contribution in [1.82, 2.24) is 9.97 Å². The van der Waals surface area contributed by atoms with Crippen molar-refractivity contribution >= 4 is 11.5 Å². The predicted molar refractivity (Wildman–Crippen MR) is 54.7 cm³/mol. The highest BCUT2D eigenvalue weighted by molar-refractivity contribution is 6.16. The summed E-state index contributed by atoms with van der Waals surface area (Å²) in [5.74, 6) is -1.14. The Balaban J connectivity index is 3.13. The first-order valence-electron chi connectivity index (χ1n) is 4.51. The van der Waals surface area contributed by atoms with Crippen LogP contribution in [-0.2, 0) is 14.3 Å². The maximum Gasteiger partial charge on any atom is 0.343 e. The number of ether oxygens (including phenoxy) is 2. The van der Waals surface area contributed by atoms with Gasteiger partial charge in [-0.1, -0.05) is 0 Å². The van der Waals surface area contributed by atoms with Crippen LogP contribution in [0.25, 0.3) is 5.57 Å². The van der Waals surface area contributed by atoms with E-state index in [9.17, 15) is 14.7 Å². The van der Waals surface area contributed by atoms with Crippen LogP contribution in [-0.4, -0.2) is 34.8 Å². The molecule has 1 heterocycles. The lowest BCUT2D eigenvalue weighted by atomic mass is 10.2. The molecule has 1 aromatic rings. The van der Waals surface area contributed by atoms with Gasteiger partial charge in [0.25, 0.3) is 0 Å². The number of H-pyrrole nitrogens is 2. The number of esters is 1. The Morgan fingerprint density at radius 2 is 2.19 bits per heavy atom. The molecule has 1 aromatic heterocycles. The number of hydrogen-bond donors (Lipinski definition) is 3. The van der Waals surface area contributed by atoms with Gasteiger partial charge in [-0.25, -0.2) is 9.59 Å². The molecular weight excluding hydrogens is 216 g/mol. The number of imidazole rings is 1. The molecule has 0 atom stereocenters. The largest absolute Gasteiger partial charge is 0.503 e. The molecule has 0 saturated carbocycles. The number of aromatic hydroxyl groups is 1. The molecule has 7 nitrogen and oxygen atoms in total. The Morgan fingerprint density at radius 1 is 1.50 bits per heavy atom. The van der Waals surface area contributed by atoms with Crippen molar-refractivity contribution in [2.24, 2.45) is 0 Å². The highest BCUT2D eigenvalue weighted by Gasteiger charge is 2.20. The van der Waals surface area contributed by atoms with Crippen molar-refractivity contribution in [2.45, 2.75) is 6.92 Å². The molecule has 16 heavy (non-hydrogen) atoms. The number of nitrogens with one attached hydrogen (secondary N) is 2. The van der Waals surface area contributed by atoms with E-state index < -0.39 is 17.5 Å². The molecule has 0 aliphatic rings. The third-order valence-electron chi connectivity index (χ3n) is 1.71. The summed E-state index contributed by atoms with van der Waals surface area (Å²) in [5, 5.41) is 9.35. The highest BCUT2D eigenvalue weighted by atomic mass is 16.5. The van der Waals surface area contributed by atoms with E-state index in [1.165, 1.54) is 7.11 Å². The summed E-state index contributed by atoms with van der Waals surface area (Å²) in [5.41, 5.74) is -0.760. The smallest absolute Gasteiger partial charge is 0.343 e. The molecular formula is C9H12N2O5. The normalized spacial score (nSPS) is 11.2. The quantitative estimate of drug-likeness (QED) is 0.381. The van der Waals surface area contributed by atoms with Gasteiger partial charge in [-0.05, 0) is 6.92 Å². The van der Waals surface area contributed by atoms with Gasteiger partial charge in [-0.2, -0.15) is 0 Å². The third-order valence-corrected chi connectivity index (χ3v) is 1.71. The minimum absolute atomic E-state index is 0.0645. The van der Waals surface area contributed by atoms with Crippen LogP contribution in [0.2, 0.25) is 0 Å². The van der Waals surface area contributed by atoms with Crippen molar-refractivity contribution in [1.29, 1.82) is 0 Å². The van der Waals surface area contributed by atoms with E-state index in [0.717, 1.165) is 6.26 Å². The molecule has 0 spiro atoms. The summed E-state index contributed by atoms with van der Waals surface area (Å²) in [6, 6.07) is 0. The molecule has 88 valence electrons. The van der Waals surface area contributed by atoms with E-state index in [-0.39, 0.29) is 17.9 Å². The highest BCUT2D eigenvalue weighted by Crippen LogP contribution is 2.20. The monoisotopic (exact) mass is 228 g/mol. The zero-order valence-corrected chi connectivity index (χ0v) is 8.86. The first kappa shape index (κ1) is 11.9. The maximum absolute atomic E-state index is 11.5. The van der Waals surface area contributed by atoms with Gasteiger partial charge in [0, 0.05) is 0 Å². The van der Waals surface area contributed by atoms with Gasteiger partial charge in [0.15, 0.2) is 0 Å². The topological polar surface area (TPSA) is 104 Å². The summed E-state index contributed by atoms with van der Waals surface area (Å²) in [4.78, 5) is 26.7. The third kappa shape index (κ3) is 2.44. The molecule has 0 aromatic carbocycles. The molecule has 0 saturated heterocycles. The van der Waals surface area contributed by atoms with Crippen LogP contribution < -0.4 is 5.69 Å². The fourth-order valence-electron chi connectivity index (χ4n) is 1.10. The lowest BCUT2D eigenvalue weighted by molar-refractivity contribution is -0.136. The van der Waals surface area contributed by atoms with E-state index in [1.54, 1.807) is 6.92 Å². The molecule has 0 bridgehead atoms. The molecule has 7 heteroatoms. The number of aromatic amines is 2. The SMILES string of the molecule is CCOC(=O)C(=COC)c1[nH]c(=O)[nH]c1O. The second-order valence-corrected chi connectivity index (χ2v) is 2.79. The maximum atomic E-state index is 11.5. The zero-order valence-electron chi connectivity index (χ0n) is 8.86. The van der Waals surface area contributed by atoms with Crippen LogP contribution in [0.3, 0.4) is 0 Å². The lowest BCUT2D eigenvalue weighted by Crippen LogP contribution is -2.09. The molecule has 0 amide bonds. The first-order valence-corrected chi connectivity index (χ1v) is 4.51. The van der Waals surface area contributed by atoms with E-state index in [2.05, 4.69) is 14.7 Å². The number of hydrogen-bond acceptors (Lipinski definition) is 5. The van der Waals surface area contributed by atoms with Crippen LogP contribution in [0.1, 0.15) is 12.6 Å². The Kier molecular flexibility index (Phi) is 3.76. The standard InChI is InChI=1S/C9H12N2O5/c1-3-16-8(13)5(4-15-2)6-7(12)11-9(14)10-6/h4,12H,3H2,1-2H3,(H2,10,11,14). The average molecular weight is 228 g/mol. The van der Waals surface area contributed by atoms with Crippen molar-refractivity contribution in [3.05, 3.63) is 22.4 Å². The van der Waals surface area contributed by atoms with Gasteiger partial charge < -0.3 is 19.6 Å². The second-order valence-electron chi connectivity index (χ2n) is 2.79. The summed E-state index contributed by atoms with van der Waals surface area (Å²) >= 11 is 0. The molecule has 0 aliphatic heterocycles. The van der Waals surface area contributed by atoms with Crippen LogP contribution in [0, 0.1) is 0 Å². The van der Waals surface area contributed by atoms with Crippen molar-refractivity contribution in [3.8, 4) is 5.88 Å². The molecule has 1 rings (SSSR count). The van der Waals surface area contributed by atoms with Gasteiger partial charge in [0.05, 0.1) is 20.0 Å². The summed E-state index contributed by atoms with van der Waals surface area (Å²) in [7, 11) is 1.33. The van der Waals surface area contributed by atoms with Gasteiger partial charge >= 0.3 is 11.7 Å². The molecule has 3 N–H and O–H groups in total. The van der Waals surface area contributed by atoms with Crippen molar-refractivity contribution in [2.75, 3.05) is 13.7 Å². The first-order chi connectivity index (χ1) is 7.60. The average Bonchev–Trinajstić information content (AvgIpc) is 2.54. The van der Waals surface area contributed by atoms with Gasteiger partial charge in [-0.3, -0.25) is 4.98 Å². The minimum Gasteiger partial charge on any atom is -0.503 e. The minimum atomic E-state index is -0.699.